The topological polar surface area (TPSA) is 84.5 Å². The number of aryl methyl sites for hydroxylation is 1. The van der Waals surface area contributed by atoms with Gasteiger partial charge in [-0.2, -0.15) is 4.98 Å². The minimum absolute atomic E-state index is 0.143. The van der Waals surface area contributed by atoms with Crippen LogP contribution < -0.4 is 4.74 Å². The first-order valence-electron chi connectivity index (χ1n) is 9.02. The Balaban J connectivity index is 1.49. The van der Waals surface area contributed by atoms with E-state index >= 15 is 0 Å². The quantitative estimate of drug-likeness (QED) is 0.566. The molecule has 2 aromatic heterocycles. The molecule has 8 heteroatoms. The summed E-state index contributed by atoms with van der Waals surface area (Å²) in [6, 6.07) is 11.8. The highest BCUT2D eigenvalue weighted by atomic mass is 32.1. The maximum Gasteiger partial charge on any atom is 0.223 e. The van der Waals surface area contributed by atoms with Gasteiger partial charge in [0, 0.05) is 31.1 Å². The highest BCUT2D eigenvalue weighted by molar-refractivity contribution is 7.21. The summed E-state index contributed by atoms with van der Waals surface area (Å²) in [5, 5.41) is 15.4. The maximum absolute atomic E-state index is 10.6. The molecule has 0 atom stereocenters. The molecule has 5 rings (SSSR count). The second-order valence-corrected chi connectivity index (χ2v) is 7.79. The fraction of sp³-hybridized carbons (Fsp3) is 0.250. The van der Waals surface area contributed by atoms with Crippen molar-refractivity contribution in [3.63, 3.8) is 0 Å². The lowest BCUT2D eigenvalue weighted by molar-refractivity contribution is 0.211. The third kappa shape index (κ3) is 3.21. The standard InChI is InChI=1S/C20H18N4O3S/c1-12-21-18(23-27-12)11-24-6-7-26-19-14(10-24)8-13(9-16(19)25)20-22-15-4-2-3-5-17(15)28-20/h2-5,8-9,25H,6-7,10-11H2,1H3. The Morgan fingerprint density at radius 3 is 2.93 bits per heavy atom. The molecular weight excluding hydrogens is 376 g/mol. The summed E-state index contributed by atoms with van der Waals surface area (Å²) in [6.07, 6.45) is 0. The molecule has 0 unspecified atom stereocenters. The summed E-state index contributed by atoms with van der Waals surface area (Å²) in [5.74, 6) is 1.88. The van der Waals surface area contributed by atoms with Crippen LogP contribution >= 0.6 is 11.3 Å². The Labute approximate surface area is 165 Å². The normalized spacial score (nSPS) is 14.6. The Morgan fingerprint density at radius 2 is 2.11 bits per heavy atom. The fourth-order valence-electron chi connectivity index (χ4n) is 3.41. The zero-order valence-electron chi connectivity index (χ0n) is 15.3. The van der Waals surface area contributed by atoms with Gasteiger partial charge in [-0.15, -0.1) is 11.3 Å². The highest BCUT2D eigenvalue weighted by Crippen LogP contribution is 2.39. The summed E-state index contributed by atoms with van der Waals surface area (Å²) in [4.78, 5) is 11.2. The van der Waals surface area contributed by atoms with Gasteiger partial charge in [0.1, 0.15) is 11.6 Å². The first-order valence-corrected chi connectivity index (χ1v) is 9.83. The number of rotatable bonds is 3. The monoisotopic (exact) mass is 394 g/mol. The minimum atomic E-state index is 0.143. The van der Waals surface area contributed by atoms with Crippen LogP contribution in [-0.4, -0.2) is 38.3 Å². The van der Waals surface area contributed by atoms with Crippen molar-refractivity contribution in [2.45, 2.75) is 20.0 Å². The molecule has 3 heterocycles. The molecule has 7 nitrogen and oxygen atoms in total. The molecule has 1 N–H and O–H groups in total. The number of ether oxygens (including phenoxy) is 1. The Hall–Kier alpha value is -2.97. The molecule has 0 aliphatic carbocycles. The van der Waals surface area contributed by atoms with E-state index in [-0.39, 0.29) is 5.75 Å². The molecule has 0 amide bonds. The molecule has 2 aromatic carbocycles. The molecule has 1 aliphatic heterocycles. The van der Waals surface area contributed by atoms with Gasteiger partial charge in [0.2, 0.25) is 5.89 Å². The smallest absolute Gasteiger partial charge is 0.223 e. The number of thiazole rings is 1. The van der Waals surface area contributed by atoms with Crippen LogP contribution in [-0.2, 0) is 13.1 Å². The van der Waals surface area contributed by atoms with E-state index in [1.165, 1.54) is 0 Å². The SMILES string of the molecule is Cc1nc(CN2CCOc3c(O)cc(-c4nc5ccccc5s4)cc3C2)no1. The average Bonchev–Trinajstić information content (AvgIpc) is 3.23. The summed E-state index contributed by atoms with van der Waals surface area (Å²) in [6.45, 7) is 4.15. The lowest BCUT2D eigenvalue weighted by Gasteiger charge is -2.17. The molecule has 0 saturated heterocycles. The first-order chi connectivity index (χ1) is 13.7. The largest absolute Gasteiger partial charge is 0.504 e. The van der Waals surface area contributed by atoms with E-state index in [9.17, 15) is 5.11 Å². The lowest BCUT2D eigenvalue weighted by Crippen LogP contribution is -2.25. The van der Waals surface area contributed by atoms with E-state index in [2.05, 4.69) is 21.1 Å². The van der Waals surface area contributed by atoms with Crippen molar-refractivity contribution >= 4 is 21.6 Å². The first kappa shape index (κ1) is 17.2. The van der Waals surface area contributed by atoms with E-state index in [0.717, 1.165) is 26.4 Å². The molecule has 0 saturated carbocycles. The number of fused-ring (bicyclic) bond motifs is 2. The third-order valence-electron chi connectivity index (χ3n) is 4.67. The molecule has 142 valence electrons. The summed E-state index contributed by atoms with van der Waals surface area (Å²) < 4.78 is 12.0. The average molecular weight is 394 g/mol. The molecule has 1 aliphatic rings. The molecule has 0 radical (unpaired) electrons. The molecule has 0 bridgehead atoms. The van der Waals surface area contributed by atoms with Gasteiger partial charge in [-0.3, -0.25) is 4.90 Å². The van der Waals surface area contributed by atoms with E-state index in [0.29, 0.717) is 43.7 Å². The van der Waals surface area contributed by atoms with Crippen LogP contribution in [0, 0.1) is 6.92 Å². The van der Waals surface area contributed by atoms with E-state index < -0.39 is 0 Å². The Morgan fingerprint density at radius 1 is 1.21 bits per heavy atom. The Kier molecular flexibility index (Phi) is 4.22. The summed E-state index contributed by atoms with van der Waals surface area (Å²) in [5.41, 5.74) is 2.77. The predicted octanol–water partition coefficient (Wildman–Crippen LogP) is 3.75. The zero-order valence-corrected chi connectivity index (χ0v) is 16.1. The third-order valence-corrected chi connectivity index (χ3v) is 5.76. The second kappa shape index (κ2) is 6.88. The van der Waals surface area contributed by atoms with Gasteiger partial charge in [0.15, 0.2) is 17.3 Å². The number of nitrogens with zero attached hydrogens (tertiary/aromatic N) is 4. The van der Waals surface area contributed by atoms with Gasteiger partial charge in [0.05, 0.1) is 16.8 Å². The van der Waals surface area contributed by atoms with Crippen molar-refractivity contribution in [2.75, 3.05) is 13.2 Å². The van der Waals surface area contributed by atoms with Crippen LogP contribution in [0.2, 0.25) is 0 Å². The van der Waals surface area contributed by atoms with Crippen molar-refractivity contribution in [3.8, 4) is 22.1 Å². The lowest BCUT2D eigenvalue weighted by atomic mass is 10.1. The molecule has 4 aromatic rings. The Bertz CT molecular complexity index is 1120. The summed E-state index contributed by atoms with van der Waals surface area (Å²) >= 11 is 1.61. The van der Waals surface area contributed by atoms with Crippen molar-refractivity contribution in [1.29, 1.82) is 0 Å². The van der Waals surface area contributed by atoms with Crippen LogP contribution in [0.4, 0.5) is 0 Å². The van der Waals surface area contributed by atoms with E-state index in [4.69, 9.17) is 14.2 Å². The van der Waals surface area contributed by atoms with Crippen molar-refractivity contribution in [3.05, 3.63) is 53.7 Å². The van der Waals surface area contributed by atoms with E-state index in [1.54, 1.807) is 24.3 Å². The number of aromatic nitrogens is 3. The number of phenols is 1. The number of phenolic OH excluding ortho intramolecular Hbond substituents is 1. The van der Waals surface area contributed by atoms with Gasteiger partial charge < -0.3 is 14.4 Å². The van der Waals surface area contributed by atoms with Crippen LogP contribution in [0.15, 0.2) is 40.9 Å². The van der Waals surface area contributed by atoms with E-state index in [1.807, 2.05) is 24.3 Å². The number of hydrogen-bond donors (Lipinski definition) is 1. The number of hydrogen-bond acceptors (Lipinski definition) is 8. The van der Waals surface area contributed by atoms with Gasteiger partial charge >= 0.3 is 0 Å². The number of benzene rings is 2. The fourth-order valence-corrected chi connectivity index (χ4v) is 4.37. The highest BCUT2D eigenvalue weighted by Gasteiger charge is 2.22. The molecule has 28 heavy (non-hydrogen) atoms. The second-order valence-electron chi connectivity index (χ2n) is 6.76. The van der Waals surface area contributed by atoms with Crippen LogP contribution in [0.3, 0.4) is 0 Å². The minimum Gasteiger partial charge on any atom is -0.504 e. The van der Waals surface area contributed by atoms with Gasteiger partial charge in [0.25, 0.3) is 0 Å². The van der Waals surface area contributed by atoms with Gasteiger partial charge in [-0.1, -0.05) is 17.3 Å². The zero-order chi connectivity index (χ0) is 19.1. The number of para-hydroxylation sites is 1. The maximum atomic E-state index is 10.6. The van der Waals surface area contributed by atoms with Crippen LogP contribution in [0.1, 0.15) is 17.3 Å². The molecular formula is C20H18N4O3S. The van der Waals surface area contributed by atoms with Crippen LogP contribution in [0.5, 0.6) is 11.5 Å². The molecule has 0 spiro atoms. The van der Waals surface area contributed by atoms with Crippen molar-refractivity contribution < 1.29 is 14.4 Å². The van der Waals surface area contributed by atoms with Gasteiger partial charge in [-0.25, -0.2) is 4.98 Å². The summed E-state index contributed by atoms with van der Waals surface area (Å²) in [7, 11) is 0. The number of aromatic hydroxyl groups is 1. The predicted molar refractivity (Wildman–Crippen MR) is 105 cm³/mol. The van der Waals surface area contributed by atoms with Crippen molar-refractivity contribution in [1.82, 2.24) is 20.0 Å². The van der Waals surface area contributed by atoms with Crippen LogP contribution in [0.25, 0.3) is 20.8 Å². The molecule has 0 fully saturated rings. The van der Waals surface area contributed by atoms with Crippen molar-refractivity contribution in [2.24, 2.45) is 0 Å². The van der Waals surface area contributed by atoms with Gasteiger partial charge in [-0.05, 0) is 24.3 Å².